The molecular formula is C14H12N2O4S. The number of benzene rings is 2. The van der Waals surface area contributed by atoms with Crippen LogP contribution in [0.3, 0.4) is 0 Å². The number of imidazole rings is 1. The second-order valence-electron chi connectivity index (χ2n) is 4.71. The number of nitrogens with one attached hydrogen (secondary N) is 1. The molecule has 0 aliphatic carbocycles. The molecule has 0 saturated carbocycles. The summed E-state index contributed by atoms with van der Waals surface area (Å²) in [5, 5.41) is 10.9. The van der Waals surface area contributed by atoms with Gasteiger partial charge in [0, 0.05) is 0 Å². The summed E-state index contributed by atoms with van der Waals surface area (Å²) in [7, 11) is -4.06. The van der Waals surface area contributed by atoms with Gasteiger partial charge >= 0.3 is 5.69 Å². The third-order valence-corrected chi connectivity index (χ3v) is 5.04. The molecule has 2 aromatic carbocycles. The van der Waals surface area contributed by atoms with Crippen LogP contribution in [0, 0.1) is 6.92 Å². The maximum Gasteiger partial charge on any atom is 0.342 e. The van der Waals surface area contributed by atoms with Gasteiger partial charge in [-0.3, -0.25) is 4.98 Å². The minimum atomic E-state index is -4.06. The van der Waals surface area contributed by atoms with E-state index in [4.69, 9.17) is 0 Å². The van der Waals surface area contributed by atoms with E-state index in [-0.39, 0.29) is 4.90 Å². The molecule has 0 bridgehead atoms. The molecule has 0 aliphatic rings. The summed E-state index contributed by atoms with van der Waals surface area (Å²) in [5.41, 5.74) is -0.374. The first kappa shape index (κ1) is 13.4. The molecule has 0 saturated heterocycles. The highest BCUT2D eigenvalue weighted by molar-refractivity contribution is 7.90. The summed E-state index contributed by atoms with van der Waals surface area (Å²) < 4.78 is 25.6. The molecule has 6 nitrogen and oxygen atoms in total. The summed E-state index contributed by atoms with van der Waals surface area (Å²) in [4.78, 5) is 13.7. The van der Waals surface area contributed by atoms with Crippen LogP contribution in [0.5, 0.6) is 5.88 Å². The Morgan fingerprint density at radius 3 is 2.33 bits per heavy atom. The zero-order valence-electron chi connectivity index (χ0n) is 11.1. The summed E-state index contributed by atoms with van der Waals surface area (Å²) in [6.07, 6.45) is 0.853. The quantitative estimate of drug-likeness (QED) is 0.752. The van der Waals surface area contributed by atoms with E-state index in [1.165, 1.54) is 6.07 Å². The Morgan fingerprint density at radius 1 is 1.14 bits per heavy atom. The number of rotatable bonds is 2. The molecule has 3 aromatic rings. The SMILES string of the molecule is Cc1cc2ccccc2cc1S(=O)(=O)n1cc(O)[nH]c1=O. The van der Waals surface area contributed by atoms with E-state index in [2.05, 4.69) is 0 Å². The van der Waals surface area contributed by atoms with Crippen LogP contribution in [0.4, 0.5) is 0 Å². The van der Waals surface area contributed by atoms with Crippen LogP contribution in [-0.2, 0) is 10.0 Å². The molecule has 1 heterocycles. The van der Waals surface area contributed by atoms with E-state index in [9.17, 15) is 18.3 Å². The molecule has 0 unspecified atom stereocenters. The van der Waals surface area contributed by atoms with Crippen molar-refractivity contribution in [3.63, 3.8) is 0 Å². The smallest absolute Gasteiger partial charge is 0.342 e. The molecule has 0 spiro atoms. The highest BCUT2D eigenvalue weighted by Crippen LogP contribution is 2.24. The molecule has 0 fully saturated rings. The molecule has 21 heavy (non-hydrogen) atoms. The van der Waals surface area contributed by atoms with E-state index < -0.39 is 21.6 Å². The maximum atomic E-state index is 12.6. The predicted molar refractivity (Wildman–Crippen MR) is 78.0 cm³/mol. The first-order chi connectivity index (χ1) is 9.89. The molecule has 7 heteroatoms. The van der Waals surface area contributed by atoms with Gasteiger partial charge in [0.1, 0.15) is 0 Å². The highest BCUT2D eigenvalue weighted by Gasteiger charge is 2.22. The normalized spacial score (nSPS) is 11.9. The number of aromatic amines is 1. The Balaban J connectivity index is 2.31. The van der Waals surface area contributed by atoms with Gasteiger partial charge in [-0.1, -0.05) is 30.3 Å². The van der Waals surface area contributed by atoms with E-state index in [0.717, 1.165) is 17.0 Å². The lowest BCUT2D eigenvalue weighted by atomic mass is 10.1. The lowest BCUT2D eigenvalue weighted by Crippen LogP contribution is -2.25. The molecule has 3 rings (SSSR count). The zero-order chi connectivity index (χ0) is 15.2. The van der Waals surface area contributed by atoms with Crippen molar-refractivity contribution in [2.24, 2.45) is 0 Å². The van der Waals surface area contributed by atoms with Crippen molar-refractivity contribution in [1.82, 2.24) is 8.96 Å². The first-order valence-corrected chi connectivity index (χ1v) is 7.59. The summed E-state index contributed by atoms with van der Waals surface area (Å²) in [6, 6.07) is 10.6. The zero-order valence-corrected chi connectivity index (χ0v) is 11.9. The van der Waals surface area contributed by atoms with Gasteiger partial charge in [-0.15, -0.1) is 0 Å². The monoisotopic (exact) mass is 304 g/mol. The summed E-state index contributed by atoms with van der Waals surface area (Å²) in [5.74, 6) is -0.498. The minimum absolute atomic E-state index is 0.0299. The van der Waals surface area contributed by atoms with Crippen LogP contribution in [0.25, 0.3) is 10.8 Å². The van der Waals surface area contributed by atoms with Gasteiger partial charge in [0.25, 0.3) is 10.0 Å². The highest BCUT2D eigenvalue weighted by atomic mass is 32.2. The van der Waals surface area contributed by atoms with Gasteiger partial charge in [0.05, 0.1) is 11.1 Å². The van der Waals surface area contributed by atoms with Gasteiger partial charge in [-0.2, -0.15) is 3.97 Å². The van der Waals surface area contributed by atoms with Crippen molar-refractivity contribution < 1.29 is 13.5 Å². The number of hydrogen-bond donors (Lipinski definition) is 2. The maximum absolute atomic E-state index is 12.6. The average molecular weight is 304 g/mol. The van der Waals surface area contributed by atoms with E-state index in [0.29, 0.717) is 9.54 Å². The molecule has 0 atom stereocenters. The topological polar surface area (TPSA) is 92.2 Å². The van der Waals surface area contributed by atoms with Crippen molar-refractivity contribution in [3.05, 3.63) is 58.6 Å². The number of aromatic nitrogens is 2. The fourth-order valence-electron chi connectivity index (χ4n) is 2.26. The van der Waals surface area contributed by atoms with E-state index in [1.807, 2.05) is 23.2 Å². The second kappa shape index (κ2) is 4.49. The fraction of sp³-hybridized carbons (Fsp3) is 0.0714. The van der Waals surface area contributed by atoms with E-state index in [1.54, 1.807) is 19.1 Å². The Morgan fingerprint density at radius 2 is 1.76 bits per heavy atom. The average Bonchev–Trinajstić information content (AvgIpc) is 2.77. The predicted octanol–water partition coefficient (Wildman–Crippen LogP) is 1.58. The van der Waals surface area contributed by atoms with Gasteiger partial charge < -0.3 is 5.11 Å². The molecule has 108 valence electrons. The third kappa shape index (κ3) is 2.11. The number of aryl methyl sites for hydroxylation is 1. The number of aromatic hydroxyl groups is 1. The van der Waals surface area contributed by atoms with E-state index >= 15 is 0 Å². The molecule has 0 radical (unpaired) electrons. The molecule has 1 aromatic heterocycles. The van der Waals surface area contributed by atoms with Crippen molar-refractivity contribution in [2.75, 3.05) is 0 Å². The second-order valence-corrected chi connectivity index (χ2v) is 6.49. The molecule has 2 N–H and O–H groups in total. The fourth-order valence-corrected chi connectivity index (χ4v) is 3.72. The van der Waals surface area contributed by atoms with Gasteiger partial charge in [-0.25, -0.2) is 13.2 Å². The largest absolute Gasteiger partial charge is 0.493 e. The van der Waals surface area contributed by atoms with Crippen molar-refractivity contribution in [1.29, 1.82) is 0 Å². The first-order valence-electron chi connectivity index (χ1n) is 6.15. The van der Waals surface area contributed by atoms with Gasteiger partial charge in [0.2, 0.25) is 5.88 Å². The number of nitrogens with zero attached hydrogens (tertiary/aromatic N) is 1. The van der Waals surface area contributed by atoms with Crippen LogP contribution in [-0.4, -0.2) is 22.5 Å². The minimum Gasteiger partial charge on any atom is -0.493 e. The van der Waals surface area contributed by atoms with Gasteiger partial charge in [-0.05, 0) is 29.3 Å². The Kier molecular flexibility index (Phi) is 2.87. The summed E-state index contributed by atoms with van der Waals surface area (Å²) >= 11 is 0. The molecule has 0 aliphatic heterocycles. The number of fused-ring (bicyclic) bond motifs is 1. The standard InChI is InChI=1S/C14H12N2O4S/c1-9-6-10-4-2-3-5-11(10)7-12(9)21(19,20)16-8-13(17)15-14(16)18/h2-8,17H,1H3,(H,15,18). The lowest BCUT2D eigenvalue weighted by molar-refractivity contribution is 0.455. The van der Waals surface area contributed by atoms with Crippen molar-refractivity contribution >= 4 is 20.8 Å². The Bertz CT molecular complexity index is 999. The van der Waals surface area contributed by atoms with Crippen LogP contribution in [0.15, 0.2) is 52.3 Å². The number of H-pyrrole nitrogens is 1. The van der Waals surface area contributed by atoms with Crippen LogP contribution in [0.2, 0.25) is 0 Å². The van der Waals surface area contributed by atoms with Crippen molar-refractivity contribution in [3.8, 4) is 5.88 Å². The Hall–Kier alpha value is -2.54. The van der Waals surface area contributed by atoms with Crippen LogP contribution < -0.4 is 5.69 Å². The van der Waals surface area contributed by atoms with Crippen molar-refractivity contribution in [2.45, 2.75) is 11.8 Å². The number of hydrogen-bond acceptors (Lipinski definition) is 4. The summed E-state index contributed by atoms with van der Waals surface area (Å²) in [6.45, 7) is 1.66. The van der Waals surface area contributed by atoms with Crippen LogP contribution in [0.1, 0.15) is 5.56 Å². The lowest BCUT2D eigenvalue weighted by Gasteiger charge is -2.09. The third-order valence-electron chi connectivity index (χ3n) is 3.25. The van der Waals surface area contributed by atoms with Crippen LogP contribution >= 0.6 is 0 Å². The molecule has 0 amide bonds. The Labute approximate surface area is 120 Å². The van der Waals surface area contributed by atoms with Gasteiger partial charge in [0.15, 0.2) is 0 Å². The molecular weight excluding hydrogens is 292 g/mol.